The number of hydrogen-bond acceptors (Lipinski definition) is 11. The van der Waals surface area contributed by atoms with Crippen molar-refractivity contribution >= 4 is 68.4 Å². The molecule has 3 saturated heterocycles. The van der Waals surface area contributed by atoms with Gasteiger partial charge >= 0.3 is 5.92 Å². The second-order valence-corrected chi connectivity index (χ2v) is 17.0. The third kappa shape index (κ3) is 7.61. The van der Waals surface area contributed by atoms with E-state index in [1.54, 1.807) is 19.2 Å². The van der Waals surface area contributed by atoms with Crippen molar-refractivity contribution in [2.24, 2.45) is 25.9 Å². The normalized spacial score (nSPS) is 28.2. The highest BCUT2D eigenvalue weighted by Crippen LogP contribution is 2.46. The lowest BCUT2D eigenvalue weighted by atomic mass is 9.86. The molecule has 1 aliphatic carbocycles. The van der Waals surface area contributed by atoms with E-state index in [1.807, 2.05) is 0 Å². The largest absolute Gasteiger partial charge is 0.480 e. The summed E-state index contributed by atoms with van der Waals surface area (Å²) in [5, 5.41) is 12.3. The number of benzene rings is 2. The smallest absolute Gasteiger partial charge is 0.301 e. The fourth-order valence-electron chi connectivity index (χ4n) is 9.00. The van der Waals surface area contributed by atoms with Crippen LogP contribution in [0.15, 0.2) is 35.3 Å². The molecular weight excluding hydrogens is 844 g/mol. The maximum Gasteiger partial charge on any atom is 0.301 e. The molecule has 0 bridgehead atoms. The first kappa shape index (κ1) is 32.2. The zero-order chi connectivity index (χ0) is 52.0. The predicted molar refractivity (Wildman–Crippen MR) is 229 cm³/mol. The van der Waals surface area contributed by atoms with Gasteiger partial charge in [-0.2, -0.15) is 10.1 Å². The summed E-state index contributed by atoms with van der Waals surface area (Å²) in [5.74, 6) is -12.5. The molecule has 2 atom stereocenters. The number of hydrogen-bond donors (Lipinski definition) is 3. The molecule has 14 nitrogen and oxygen atoms in total. The number of halogens is 5. The van der Waals surface area contributed by atoms with E-state index in [2.05, 4.69) is 31.0 Å². The van der Waals surface area contributed by atoms with Gasteiger partial charge in [0.05, 0.1) is 40.7 Å². The molecule has 5 aliphatic rings. The fourth-order valence-corrected chi connectivity index (χ4v) is 9.14. The second kappa shape index (κ2) is 15.9. The van der Waals surface area contributed by atoms with Crippen molar-refractivity contribution in [3.8, 4) is 5.75 Å². The van der Waals surface area contributed by atoms with Gasteiger partial charge in [-0.05, 0) is 87.3 Å². The van der Waals surface area contributed by atoms with Crippen LogP contribution in [0.25, 0.3) is 21.8 Å². The highest BCUT2D eigenvalue weighted by atomic mass is 35.5. The summed E-state index contributed by atoms with van der Waals surface area (Å²) >= 11 is 6.46. The topological polar surface area (TPSA) is 152 Å². The number of anilines is 4. The van der Waals surface area contributed by atoms with Crippen LogP contribution in [0, 0.1) is 23.4 Å². The van der Waals surface area contributed by atoms with Gasteiger partial charge in [-0.15, -0.1) is 0 Å². The first-order valence-corrected chi connectivity index (χ1v) is 20.9. The molecule has 2 aromatic carbocycles. The van der Waals surface area contributed by atoms with E-state index < -0.39 is 127 Å². The molecule has 0 spiro atoms. The molecule has 332 valence electrons. The van der Waals surface area contributed by atoms with Gasteiger partial charge in [0.25, 0.3) is 5.56 Å². The monoisotopic (exact) mass is 899 g/mol. The van der Waals surface area contributed by atoms with E-state index in [9.17, 15) is 21.2 Å². The molecular formula is C44H47ClF4N10O4. The molecule has 3 N–H and O–H groups in total. The van der Waals surface area contributed by atoms with Crippen LogP contribution in [-0.4, -0.2) is 92.2 Å². The quantitative estimate of drug-likeness (QED) is 0.112. The highest BCUT2D eigenvalue weighted by molar-refractivity contribution is 6.33. The fraction of sp³-hybridized carbons (Fsp3) is 0.500. The molecule has 10 rings (SSSR count). The molecule has 0 radical (unpaired) electrons. The van der Waals surface area contributed by atoms with Crippen LogP contribution in [-0.2, 0) is 23.7 Å². The number of aromatic nitrogens is 5. The van der Waals surface area contributed by atoms with E-state index in [0.717, 1.165) is 16.8 Å². The van der Waals surface area contributed by atoms with Crippen molar-refractivity contribution < 1.29 is 44.2 Å². The number of aryl methyl sites for hydroxylation is 2. The summed E-state index contributed by atoms with van der Waals surface area (Å²) in [6.45, 7) is -8.91. The lowest BCUT2D eigenvalue weighted by Gasteiger charge is -2.38. The third-order valence-electron chi connectivity index (χ3n) is 12.5. The maximum atomic E-state index is 16.4. The van der Waals surface area contributed by atoms with Crippen LogP contribution < -0.4 is 31.1 Å². The third-order valence-corrected chi connectivity index (χ3v) is 12.8. The average Bonchev–Trinajstić information content (AvgIpc) is 4.11. The van der Waals surface area contributed by atoms with Gasteiger partial charge in [0.1, 0.15) is 16.4 Å². The summed E-state index contributed by atoms with van der Waals surface area (Å²) in [5.41, 5.74) is -0.502. The van der Waals surface area contributed by atoms with Crippen LogP contribution in [0.4, 0.5) is 40.7 Å². The maximum absolute atomic E-state index is 16.4. The summed E-state index contributed by atoms with van der Waals surface area (Å²) in [7, 11) is 2.85. The number of fused-ring (bicyclic) bond motifs is 4. The molecule has 63 heavy (non-hydrogen) atoms. The number of pyridine rings is 1. The number of carbonyl (C=O) groups excluding carboxylic acids is 2. The van der Waals surface area contributed by atoms with E-state index in [0.29, 0.717) is 29.5 Å². The van der Waals surface area contributed by atoms with Gasteiger partial charge in [-0.25, -0.2) is 22.5 Å². The van der Waals surface area contributed by atoms with Gasteiger partial charge in [0.2, 0.25) is 23.5 Å². The Labute approximate surface area is 376 Å². The van der Waals surface area contributed by atoms with Crippen molar-refractivity contribution in [3.05, 3.63) is 68.7 Å². The average molecular weight is 900 g/mol. The Kier molecular flexibility index (Phi) is 8.15. The van der Waals surface area contributed by atoms with E-state index in [4.69, 9.17) is 21.8 Å². The molecule has 7 heterocycles. The van der Waals surface area contributed by atoms with Gasteiger partial charge in [0.15, 0.2) is 18.2 Å². The molecule has 3 aromatic heterocycles. The van der Waals surface area contributed by atoms with Crippen molar-refractivity contribution in [2.75, 3.05) is 54.8 Å². The van der Waals surface area contributed by atoms with E-state index in [-0.39, 0.29) is 70.8 Å². The van der Waals surface area contributed by atoms with Crippen LogP contribution in [0.3, 0.4) is 0 Å². The van der Waals surface area contributed by atoms with Crippen molar-refractivity contribution in [3.63, 3.8) is 0 Å². The van der Waals surface area contributed by atoms with Gasteiger partial charge in [0, 0.05) is 69.2 Å². The van der Waals surface area contributed by atoms with E-state index in [1.165, 1.54) is 22.7 Å². The standard InChI is InChI=1S/C44H47ClF4N10O4/c1-56-32-18-30(46)31(17-28(32)36-38(42(56)62)63-21-44(48,49)39(53-36)24-3-4-24)51-40-29(45)19-50-43(54-40)59-15-9-22(10-16-59)20-58-13-11-23(12-14-58)25-5-6-26-35(55-57(2)37(26)34(25)47)27-7-8-33(60)52-41(27)61/h5-6,17-19,22-24,27,39,53H,3-4,7-16,20-21H2,1-2H3,(H,50,51,54)(H,52,60,61)/t27?,39-/m0/s1/i9D2,10D2,15D2,16D2,22D. The minimum Gasteiger partial charge on any atom is -0.480 e. The predicted octanol–water partition coefficient (Wildman–Crippen LogP) is 6.72. The first-order chi connectivity index (χ1) is 33.6. The van der Waals surface area contributed by atoms with Gasteiger partial charge in [-0.1, -0.05) is 23.7 Å². The van der Waals surface area contributed by atoms with Gasteiger partial charge < -0.3 is 29.7 Å². The number of imide groups is 1. The van der Waals surface area contributed by atoms with Gasteiger partial charge in [-0.3, -0.25) is 24.4 Å². The first-order valence-electron chi connectivity index (χ1n) is 25.1. The summed E-state index contributed by atoms with van der Waals surface area (Å²) in [4.78, 5) is 47.4. The summed E-state index contributed by atoms with van der Waals surface area (Å²) in [6, 6.07) is 3.98. The lowest BCUT2D eigenvalue weighted by molar-refractivity contribution is -0.134. The number of alkyl halides is 2. The van der Waals surface area contributed by atoms with Crippen LogP contribution in [0.2, 0.25) is 5.02 Å². The summed E-state index contributed by atoms with van der Waals surface area (Å²) in [6.07, 6.45) is -4.39. The molecule has 1 saturated carbocycles. The lowest BCUT2D eigenvalue weighted by Crippen LogP contribution is -2.44. The molecule has 19 heteroatoms. The summed E-state index contributed by atoms with van der Waals surface area (Å²) < 4.78 is 154. The molecule has 5 aromatic rings. The van der Waals surface area contributed by atoms with Crippen LogP contribution in [0.5, 0.6) is 5.75 Å². The van der Waals surface area contributed by atoms with Crippen LogP contribution in [0.1, 0.15) is 86.7 Å². The van der Waals surface area contributed by atoms with Crippen molar-refractivity contribution in [2.45, 2.75) is 75.1 Å². The Bertz CT molecular complexity index is 3150. The van der Waals surface area contributed by atoms with Crippen molar-refractivity contribution in [1.82, 2.24) is 34.5 Å². The number of nitrogens with one attached hydrogen (secondary N) is 3. The Morgan fingerprint density at radius 3 is 2.54 bits per heavy atom. The number of likely N-dealkylation sites (tertiary alicyclic amines) is 1. The number of piperidine rings is 3. The zero-order valence-corrected chi connectivity index (χ0v) is 34.7. The number of rotatable bonds is 8. The molecule has 1 unspecified atom stereocenters. The number of amides is 2. The number of carbonyl (C=O) groups is 2. The zero-order valence-electron chi connectivity index (χ0n) is 42.9. The molecule has 2 amide bonds. The Morgan fingerprint density at radius 1 is 1.05 bits per heavy atom. The Hall–Kier alpha value is -5.49. The highest BCUT2D eigenvalue weighted by Gasteiger charge is 2.51. The molecule has 4 aliphatic heterocycles. The minimum absolute atomic E-state index is 0.00504. The Morgan fingerprint density at radius 2 is 1.81 bits per heavy atom. The Balaban J connectivity index is 0.911. The van der Waals surface area contributed by atoms with Crippen molar-refractivity contribution in [1.29, 1.82) is 0 Å². The number of nitrogens with zero attached hydrogens (tertiary/aromatic N) is 7. The molecule has 4 fully saturated rings. The second-order valence-electron chi connectivity index (χ2n) is 16.6. The number of ether oxygens (including phenoxy) is 1. The minimum atomic E-state index is -3.58. The van der Waals surface area contributed by atoms with Crippen LogP contribution >= 0.6 is 11.6 Å². The van der Waals surface area contributed by atoms with E-state index >= 15 is 17.6 Å². The SMILES string of the molecule is [2H]C1([2H])N(c2ncc(Cl)c(Nc3cc4c5c(c(=O)n(C)c4cc3F)OCC(F)(F)[C@H](C3CC3)N5)n2)C([2H])([2H])C([2H])([2H])C([2H])(CN2CCC(c3ccc4c(C5CCC(=O)NC5=O)nn(C)c4c3F)CC2)C1([2H])[2H].